The van der Waals surface area contributed by atoms with Crippen LogP contribution >= 0.6 is 63.7 Å². The summed E-state index contributed by atoms with van der Waals surface area (Å²) in [6.07, 6.45) is 4.20. The molecule has 2 aliphatic rings. The average Bonchev–Trinajstić information content (AvgIpc) is 3.24. The van der Waals surface area contributed by atoms with E-state index in [0.29, 0.717) is 16.2 Å². The number of anilines is 4. The van der Waals surface area contributed by atoms with E-state index in [1.165, 1.54) is 23.1 Å². The van der Waals surface area contributed by atoms with Crippen molar-refractivity contribution in [2.45, 2.75) is 49.0 Å². The second-order valence-electron chi connectivity index (χ2n) is 14.3. The number of thiocarbonyl (C=S) groups is 2. The van der Waals surface area contributed by atoms with Crippen LogP contribution in [0.25, 0.3) is 21.7 Å². The number of nitrogens with zero attached hydrogens (tertiary/aromatic N) is 6. The Morgan fingerprint density at radius 2 is 1.46 bits per heavy atom. The van der Waals surface area contributed by atoms with Gasteiger partial charge in [-0.3, -0.25) is 0 Å². The molecule has 11 nitrogen and oxygen atoms in total. The molecule has 8 rings (SSSR count). The first kappa shape index (κ1) is 44.3. The Labute approximate surface area is 379 Å². The predicted molar refractivity (Wildman–Crippen MR) is 252 cm³/mol. The van der Waals surface area contributed by atoms with E-state index >= 15 is 0 Å². The van der Waals surface area contributed by atoms with Crippen molar-refractivity contribution < 1.29 is 17.9 Å². The minimum Gasteiger partial charge on any atom is -0.404 e. The third kappa shape index (κ3) is 12.2. The lowest BCUT2D eigenvalue weighted by molar-refractivity contribution is -0.274. The zero-order valence-corrected chi connectivity index (χ0v) is 37.5. The first-order valence-corrected chi connectivity index (χ1v) is 22.6. The summed E-state index contributed by atoms with van der Waals surface area (Å²) in [6.45, 7) is 3.32. The molecule has 6 aromatic rings. The number of benzene rings is 4. The van der Waals surface area contributed by atoms with E-state index in [9.17, 15) is 13.2 Å². The molecule has 61 heavy (non-hydrogen) atoms. The third-order valence-electron chi connectivity index (χ3n) is 10.2. The van der Waals surface area contributed by atoms with Crippen LogP contribution < -0.4 is 35.8 Å². The molecule has 0 aliphatic carbocycles. The number of hydrogen-bond acceptors (Lipinski definition) is 10. The average molecular weight is 970 g/mol. The fraction of sp³-hybridized carbons (Fsp3) is 0.286. The molecule has 0 radical (unpaired) electrons. The highest BCUT2D eigenvalue weighted by atomic mass is 79.9. The molecule has 2 saturated heterocycles. The number of para-hydroxylation sites is 2. The number of rotatable bonds is 8. The molecular formula is C42H41BrClF3N10OS3. The molecule has 0 saturated carbocycles. The molecule has 0 bridgehead atoms. The van der Waals surface area contributed by atoms with Gasteiger partial charge in [0.05, 0.1) is 17.4 Å². The zero-order valence-electron chi connectivity index (χ0n) is 32.8. The highest BCUT2D eigenvalue weighted by Gasteiger charge is 2.32. The maximum absolute atomic E-state index is 12.6. The van der Waals surface area contributed by atoms with Crippen LogP contribution in [0.1, 0.15) is 25.7 Å². The van der Waals surface area contributed by atoms with Gasteiger partial charge in [-0.25, -0.2) is 9.97 Å². The number of thioether (sulfide) groups is 1. The third-order valence-corrected chi connectivity index (χ3v) is 12.1. The molecule has 318 valence electrons. The van der Waals surface area contributed by atoms with Crippen molar-refractivity contribution in [1.82, 2.24) is 30.8 Å². The topological polar surface area (TPSA) is 115 Å². The first-order valence-electron chi connectivity index (χ1n) is 19.4. The molecule has 2 aliphatic heterocycles. The molecule has 0 atom stereocenters. The molecular weight excluding hydrogens is 929 g/mol. The maximum atomic E-state index is 12.6. The van der Waals surface area contributed by atoms with Gasteiger partial charge in [0.15, 0.2) is 21.8 Å². The van der Waals surface area contributed by atoms with Gasteiger partial charge in [-0.05, 0) is 123 Å². The van der Waals surface area contributed by atoms with Crippen LogP contribution in [0, 0.1) is 0 Å². The van der Waals surface area contributed by atoms with Crippen molar-refractivity contribution in [3.8, 4) is 5.75 Å². The number of halogens is 5. The Bertz CT molecular complexity index is 2470. The standard InChI is InChI=1S/C21H19BrF3N5OS.C21H22ClN5S2/c22-14-6-5-13-12-26-29-19(16(13)11-14)30-9-7-15(8-10-30)27-20(32)28-17-3-1-2-4-18(17)31-21(23,24)25;1-29-17-5-3-15(4-6-17)25-21(28)26-16-8-10-27(11-9-16)20-18-7-2-14(22)12-19(18)23-13-24-20/h1-6,11-12,15H,7-10H2,(H2,27,28,32);2-7,12-13,16H,8-11H2,1H3,(H2,25,26,28). The number of ether oxygens (including phenoxy) is 1. The van der Waals surface area contributed by atoms with E-state index < -0.39 is 6.36 Å². The molecule has 2 aromatic heterocycles. The normalized spacial score (nSPS) is 14.9. The fourth-order valence-electron chi connectivity index (χ4n) is 7.16. The van der Waals surface area contributed by atoms with Gasteiger partial charge in [0.25, 0.3) is 0 Å². The summed E-state index contributed by atoms with van der Waals surface area (Å²) in [5.41, 5.74) is 2.03. The first-order chi connectivity index (χ1) is 29.4. The van der Waals surface area contributed by atoms with E-state index in [-0.39, 0.29) is 22.6 Å². The number of piperidine rings is 2. The molecule has 0 spiro atoms. The molecule has 0 amide bonds. The smallest absolute Gasteiger partial charge is 0.404 e. The summed E-state index contributed by atoms with van der Waals surface area (Å²) in [7, 11) is 0. The van der Waals surface area contributed by atoms with Gasteiger partial charge in [-0.15, -0.1) is 30.0 Å². The van der Waals surface area contributed by atoms with Gasteiger partial charge in [0.1, 0.15) is 12.1 Å². The van der Waals surface area contributed by atoms with Crippen molar-refractivity contribution in [3.05, 3.63) is 107 Å². The number of aromatic nitrogens is 4. The predicted octanol–water partition coefficient (Wildman–Crippen LogP) is 10.2. The molecule has 4 heterocycles. The fourth-order valence-corrected chi connectivity index (χ4v) is 8.66. The molecule has 0 unspecified atom stereocenters. The molecule has 19 heteroatoms. The summed E-state index contributed by atoms with van der Waals surface area (Å²) in [5.74, 6) is 1.47. The summed E-state index contributed by atoms with van der Waals surface area (Å²) in [5, 5.41) is 25.9. The quantitative estimate of drug-likeness (QED) is 0.0857. The van der Waals surface area contributed by atoms with Crippen molar-refractivity contribution in [1.29, 1.82) is 0 Å². The Morgan fingerprint density at radius 1 is 0.803 bits per heavy atom. The number of hydrogen-bond donors (Lipinski definition) is 4. The minimum absolute atomic E-state index is 0.0802. The highest BCUT2D eigenvalue weighted by molar-refractivity contribution is 9.10. The Balaban J connectivity index is 0.000000185. The van der Waals surface area contributed by atoms with Gasteiger partial charge in [0.2, 0.25) is 0 Å². The maximum Gasteiger partial charge on any atom is 0.573 e. The van der Waals surface area contributed by atoms with Crippen molar-refractivity contribution >= 4 is 119 Å². The van der Waals surface area contributed by atoms with Gasteiger partial charge in [-0.2, -0.15) is 5.10 Å². The van der Waals surface area contributed by atoms with Crippen LogP contribution in [-0.4, -0.2) is 81.3 Å². The van der Waals surface area contributed by atoms with Crippen LogP contribution in [0.15, 0.2) is 107 Å². The molecule has 2 fully saturated rings. The van der Waals surface area contributed by atoms with Crippen LogP contribution in [0.5, 0.6) is 5.75 Å². The SMILES string of the molecule is CSc1ccc(NC(=S)NC2CCN(c3ncnc4cc(Cl)ccc34)CC2)cc1.FC(F)(F)Oc1ccccc1NC(=S)NC1CCN(c2nncc3ccc(Br)cc23)CC1. The van der Waals surface area contributed by atoms with Crippen molar-refractivity contribution in [2.24, 2.45) is 0 Å². The van der Waals surface area contributed by atoms with Gasteiger partial charge >= 0.3 is 6.36 Å². The van der Waals surface area contributed by atoms with Crippen LogP contribution in [-0.2, 0) is 0 Å². The zero-order chi connectivity index (χ0) is 42.9. The number of nitrogens with one attached hydrogen (secondary N) is 4. The van der Waals surface area contributed by atoms with E-state index in [2.05, 4.69) is 102 Å². The lowest BCUT2D eigenvalue weighted by Gasteiger charge is -2.34. The van der Waals surface area contributed by atoms with E-state index in [1.54, 1.807) is 30.4 Å². The summed E-state index contributed by atoms with van der Waals surface area (Å²) in [4.78, 5) is 14.6. The highest BCUT2D eigenvalue weighted by Crippen LogP contribution is 2.32. The Hall–Kier alpha value is -4.75. The lowest BCUT2D eigenvalue weighted by atomic mass is 10.0. The van der Waals surface area contributed by atoms with Gasteiger partial charge in [-0.1, -0.05) is 45.7 Å². The molecule has 4 N–H and O–H groups in total. The van der Waals surface area contributed by atoms with E-state index in [4.69, 9.17) is 36.0 Å². The largest absolute Gasteiger partial charge is 0.573 e. The second-order valence-corrected chi connectivity index (χ2v) is 17.3. The van der Waals surface area contributed by atoms with E-state index in [0.717, 1.165) is 95.3 Å². The summed E-state index contributed by atoms with van der Waals surface area (Å²) < 4.78 is 42.9. The minimum atomic E-state index is -4.78. The number of alkyl halides is 3. The Morgan fingerprint density at radius 3 is 2.13 bits per heavy atom. The lowest BCUT2D eigenvalue weighted by Crippen LogP contribution is -2.46. The van der Waals surface area contributed by atoms with Gasteiger partial charge in [0, 0.05) is 74.5 Å². The Kier molecular flexibility index (Phi) is 14.8. The second kappa shape index (κ2) is 20.4. The monoisotopic (exact) mass is 968 g/mol. The van der Waals surface area contributed by atoms with Crippen LogP contribution in [0.4, 0.5) is 36.2 Å². The van der Waals surface area contributed by atoms with Crippen molar-refractivity contribution in [3.63, 3.8) is 0 Å². The van der Waals surface area contributed by atoms with Crippen LogP contribution in [0.3, 0.4) is 0 Å². The molecule has 4 aromatic carbocycles. The van der Waals surface area contributed by atoms with E-state index in [1.807, 2.05) is 36.4 Å². The summed E-state index contributed by atoms with van der Waals surface area (Å²) in [6, 6.07) is 26.3. The number of fused-ring (bicyclic) bond motifs is 2. The van der Waals surface area contributed by atoms with Crippen LogP contribution in [0.2, 0.25) is 5.02 Å². The van der Waals surface area contributed by atoms with Gasteiger partial charge < -0.3 is 35.8 Å². The van der Waals surface area contributed by atoms with Crippen molar-refractivity contribution in [2.75, 3.05) is 52.9 Å². The summed E-state index contributed by atoms with van der Waals surface area (Å²) >= 11 is 22.2.